The summed E-state index contributed by atoms with van der Waals surface area (Å²) in [5.41, 5.74) is 1.87. The van der Waals surface area contributed by atoms with Gasteiger partial charge in [0, 0.05) is 22.7 Å². The minimum Gasteiger partial charge on any atom is -0.294 e. The molecule has 1 atom stereocenters. The smallest absolute Gasteiger partial charge is 0.168 e. The molecule has 0 aliphatic heterocycles. The van der Waals surface area contributed by atoms with E-state index in [0.717, 1.165) is 10.0 Å². The van der Waals surface area contributed by atoms with Gasteiger partial charge in [-0.3, -0.25) is 9.79 Å². The van der Waals surface area contributed by atoms with Crippen LogP contribution in [0.25, 0.3) is 0 Å². The lowest BCUT2D eigenvalue weighted by Crippen LogP contribution is -2.00. The molecule has 0 aliphatic rings. The second-order valence-corrected chi connectivity index (χ2v) is 5.47. The molecule has 0 N–H and O–H groups in total. The molecule has 0 aromatic heterocycles. The van der Waals surface area contributed by atoms with Crippen molar-refractivity contribution in [3.8, 4) is 0 Å². The Morgan fingerprint density at radius 1 is 1.15 bits per heavy atom. The third-order valence-corrected chi connectivity index (χ3v) is 3.58. The van der Waals surface area contributed by atoms with Crippen LogP contribution in [0.5, 0.6) is 0 Å². The molecule has 0 aliphatic carbocycles. The quantitative estimate of drug-likeness (QED) is 0.569. The zero-order chi connectivity index (χ0) is 14.4. The Labute approximate surface area is 127 Å². The van der Waals surface area contributed by atoms with Gasteiger partial charge >= 0.3 is 0 Å². The van der Waals surface area contributed by atoms with Crippen molar-refractivity contribution in [3.63, 3.8) is 0 Å². The maximum atomic E-state index is 12.0. The fourth-order valence-corrected chi connectivity index (χ4v) is 2.13. The van der Waals surface area contributed by atoms with Gasteiger partial charge in [0.15, 0.2) is 5.78 Å². The molecule has 0 amide bonds. The first-order chi connectivity index (χ1) is 9.66. The summed E-state index contributed by atoms with van der Waals surface area (Å²) in [6.45, 7) is 2.02. The molecule has 0 fully saturated rings. The third kappa shape index (κ3) is 4.14. The van der Waals surface area contributed by atoms with E-state index in [0.29, 0.717) is 12.0 Å². The highest BCUT2D eigenvalue weighted by atomic mass is 79.9. The molecule has 0 saturated heterocycles. The standard InChI is InChI=1S/C17H16BrNO/c1-13(14-5-3-2-4-6-14)19-12-11-17(20)15-7-9-16(18)10-8-15/h2-10,12-13H,11H2,1H3/t13-/m1/s1. The normalized spacial score (nSPS) is 12.5. The van der Waals surface area contributed by atoms with E-state index in [1.165, 1.54) is 0 Å². The lowest BCUT2D eigenvalue weighted by Gasteiger charge is -2.05. The number of hydrogen-bond acceptors (Lipinski definition) is 2. The number of benzene rings is 2. The average molecular weight is 330 g/mol. The summed E-state index contributed by atoms with van der Waals surface area (Å²) in [5.74, 6) is 0.0847. The van der Waals surface area contributed by atoms with Gasteiger partial charge in [-0.2, -0.15) is 0 Å². The third-order valence-electron chi connectivity index (χ3n) is 3.05. The molecule has 20 heavy (non-hydrogen) atoms. The highest BCUT2D eigenvalue weighted by Gasteiger charge is 2.05. The first-order valence-electron chi connectivity index (χ1n) is 6.52. The number of nitrogens with zero attached hydrogens (tertiary/aromatic N) is 1. The Morgan fingerprint density at radius 3 is 2.45 bits per heavy atom. The van der Waals surface area contributed by atoms with E-state index in [1.807, 2.05) is 61.5 Å². The number of ketones is 1. The maximum Gasteiger partial charge on any atom is 0.168 e. The van der Waals surface area contributed by atoms with Crippen LogP contribution in [0.4, 0.5) is 0 Å². The molecule has 3 heteroatoms. The zero-order valence-corrected chi connectivity index (χ0v) is 12.9. The minimum absolute atomic E-state index is 0.0777. The van der Waals surface area contributed by atoms with Crippen molar-refractivity contribution < 1.29 is 4.79 Å². The summed E-state index contributed by atoms with van der Waals surface area (Å²) in [5, 5.41) is 0. The molecule has 0 heterocycles. The predicted molar refractivity (Wildman–Crippen MR) is 86.4 cm³/mol. The monoisotopic (exact) mass is 329 g/mol. The van der Waals surface area contributed by atoms with Crippen molar-refractivity contribution in [2.24, 2.45) is 4.99 Å². The largest absolute Gasteiger partial charge is 0.294 e. The molecule has 0 bridgehead atoms. The van der Waals surface area contributed by atoms with Crippen LogP contribution in [-0.2, 0) is 0 Å². The van der Waals surface area contributed by atoms with Crippen LogP contribution >= 0.6 is 15.9 Å². The first-order valence-corrected chi connectivity index (χ1v) is 7.31. The van der Waals surface area contributed by atoms with E-state index in [4.69, 9.17) is 0 Å². The van der Waals surface area contributed by atoms with Crippen molar-refractivity contribution in [3.05, 3.63) is 70.2 Å². The van der Waals surface area contributed by atoms with Gasteiger partial charge < -0.3 is 0 Å². The Kier molecular flexibility index (Phi) is 5.24. The molecule has 2 aromatic rings. The van der Waals surface area contributed by atoms with Crippen molar-refractivity contribution in [2.45, 2.75) is 19.4 Å². The Bertz CT molecular complexity index is 590. The lowest BCUT2D eigenvalue weighted by atomic mass is 10.1. The predicted octanol–water partition coefficient (Wildman–Crippen LogP) is 4.85. The molecular formula is C17H16BrNO. The van der Waals surface area contributed by atoms with Crippen LogP contribution < -0.4 is 0 Å². The average Bonchev–Trinajstić information content (AvgIpc) is 2.48. The maximum absolute atomic E-state index is 12.0. The summed E-state index contributed by atoms with van der Waals surface area (Å²) in [6, 6.07) is 17.5. The summed E-state index contributed by atoms with van der Waals surface area (Å²) < 4.78 is 0.973. The van der Waals surface area contributed by atoms with Crippen LogP contribution in [0.2, 0.25) is 0 Å². The van der Waals surface area contributed by atoms with Gasteiger partial charge in [-0.15, -0.1) is 0 Å². The van der Waals surface area contributed by atoms with Crippen LogP contribution in [-0.4, -0.2) is 12.0 Å². The topological polar surface area (TPSA) is 29.4 Å². The number of Topliss-reactive ketones (excluding diaryl/α,β-unsaturated/α-hetero) is 1. The zero-order valence-electron chi connectivity index (χ0n) is 11.3. The van der Waals surface area contributed by atoms with Gasteiger partial charge in [-0.1, -0.05) is 58.4 Å². The highest BCUT2D eigenvalue weighted by Crippen LogP contribution is 2.15. The first kappa shape index (κ1) is 14.7. The highest BCUT2D eigenvalue weighted by molar-refractivity contribution is 9.10. The lowest BCUT2D eigenvalue weighted by molar-refractivity contribution is 0.100. The van der Waals surface area contributed by atoms with E-state index in [2.05, 4.69) is 20.9 Å². The summed E-state index contributed by atoms with van der Waals surface area (Å²) in [7, 11) is 0. The number of rotatable bonds is 5. The number of hydrogen-bond donors (Lipinski definition) is 0. The van der Waals surface area contributed by atoms with Gasteiger partial charge in [-0.25, -0.2) is 0 Å². The van der Waals surface area contributed by atoms with Crippen LogP contribution in [0.15, 0.2) is 64.1 Å². The van der Waals surface area contributed by atoms with Crippen molar-refractivity contribution in [1.82, 2.24) is 0 Å². The van der Waals surface area contributed by atoms with E-state index in [9.17, 15) is 4.79 Å². The second kappa shape index (κ2) is 7.15. The number of aliphatic imine (C=N–C) groups is 1. The molecule has 2 aromatic carbocycles. The van der Waals surface area contributed by atoms with Crippen LogP contribution in [0.3, 0.4) is 0 Å². The molecule has 0 saturated carbocycles. The van der Waals surface area contributed by atoms with Crippen LogP contribution in [0, 0.1) is 0 Å². The Morgan fingerprint density at radius 2 is 1.80 bits per heavy atom. The number of carbonyl (C=O) groups excluding carboxylic acids is 1. The van der Waals surface area contributed by atoms with Gasteiger partial charge in [0.1, 0.15) is 0 Å². The molecule has 0 spiro atoms. The van der Waals surface area contributed by atoms with E-state index >= 15 is 0 Å². The minimum atomic E-state index is 0.0777. The fourth-order valence-electron chi connectivity index (χ4n) is 1.86. The second-order valence-electron chi connectivity index (χ2n) is 4.55. The Hall–Kier alpha value is -1.74. The summed E-state index contributed by atoms with van der Waals surface area (Å²) in [4.78, 5) is 16.4. The van der Waals surface area contributed by atoms with Crippen molar-refractivity contribution in [1.29, 1.82) is 0 Å². The molecular weight excluding hydrogens is 314 g/mol. The van der Waals surface area contributed by atoms with Crippen LogP contribution in [0.1, 0.15) is 35.3 Å². The van der Waals surface area contributed by atoms with Gasteiger partial charge in [0.05, 0.1) is 6.04 Å². The summed E-state index contributed by atoms with van der Waals surface area (Å²) in [6.07, 6.45) is 2.04. The molecule has 0 unspecified atom stereocenters. The van der Waals surface area contributed by atoms with E-state index in [-0.39, 0.29) is 11.8 Å². The molecule has 102 valence electrons. The van der Waals surface area contributed by atoms with Crippen molar-refractivity contribution in [2.75, 3.05) is 0 Å². The van der Waals surface area contributed by atoms with E-state index in [1.54, 1.807) is 6.21 Å². The fraction of sp³-hybridized carbons (Fsp3) is 0.176. The van der Waals surface area contributed by atoms with Gasteiger partial charge in [0.25, 0.3) is 0 Å². The van der Waals surface area contributed by atoms with Gasteiger partial charge in [-0.05, 0) is 24.6 Å². The van der Waals surface area contributed by atoms with Crippen molar-refractivity contribution >= 4 is 27.9 Å². The Balaban J connectivity index is 1.93. The van der Waals surface area contributed by atoms with Gasteiger partial charge in [0.2, 0.25) is 0 Å². The summed E-state index contributed by atoms with van der Waals surface area (Å²) >= 11 is 3.35. The molecule has 2 nitrogen and oxygen atoms in total. The molecule has 0 radical (unpaired) electrons. The number of carbonyl (C=O) groups is 1. The molecule has 2 rings (SSSR count). The number of halogens is 1. The SMILES string of the molecule is C[C@@H](N=CCC(=O)c1ccc(Br)cc1)c1ccccc1. The van der Waals surface area contributed by atoms with E-state index < -0.39 is 0 Å².